The summed E-state index contributed by atoms with van der Waals surface area (Å²) in [5.41, 5.74) is 0.620. The van der Waals surface area contributed by atoms with Crippen molar-refractivity contribution in [3.8, 4) is 0 Å². The van der Waals surface area contributed by atoms with E-state index in [0.717, 1.165) is 6.54 Å². The molecule has 0 spiro atoms. The van der Waals surface area contributed by atoms with Crippen LogP contribution in [0.2, 0.25) is 0 Å². The Hall–Kier alpha value is 0.250. The molecule has 0 aromatic heterocycles. The molecule has 1 aliphatic heterocycles. The molecule has 1 saturated carbocycles. The lowest BCUT2D eigenvalue weighted by Crippen LogP contribution is -2.41. The smallest absolute Gasteiger partial charge is 0.0478 e. The van der Waals surface area contributed by atoms with E-state index in [4.69, 9.17) is 11.6 Å². The second-order valence-electron chi connectivity index (χ2n) is 5.28. The van der Waals surface area contributed by atoms with Crippen LogP contribution >= 0.6 is 11.6 Å². The van der Waals surface area contributed by atoms with Crippen LogP contribution in [0.1, 0.15) is 39.5 Å². The molecule has 2 atom stereocenters. The molecule has 2 aliphatic rings. The standard InChI is InChI=1S/C11H20ClN/c1-9-6-10(12)7-13(9)8-11(2)4-3-5-11/h9-10H,3-8H2,1-2H3. The Morgan fingerprint density at radius 3 is 2.54 bits per heavy atom. The van der Waals surface area contributed by atoms with Crippen molar-refractivity contribution in [3.05, 3.63) is 0 Å². The summed E-state index contributed by atoms with van der Waals surface area (Å²) >= 11 is 6.15. The molecule has 1 heterocycles. The quantitative estimate of drug-likeness (QED) is 0.622. The second-order valence-corrected chi connectivity index (χ2v) is 5.89. The summed E-state index contributed by atoms with van der Waals surface area (Å²) in [6.45, 7) is 7.12. The van der Waals surface area contributed by atoms with E-state index in [2.05, 4.69) is 18.7 Å². The highest BCUT2D eigenvalue weighted by Gasteiger charge is 2.37. The first kappa shape index (κ1) is 9.79. The van der Waals surface area contributed by atoms with Crippen molar-refractivity contribution in [1.29, 1.82) is 0 Å². The van der Waals surface area contributed by atoms with E-state index < -0.39 is 0 Å². The molecular weight excluding hydrogens is 182 g/mol. The maximum atomic E-state index is 6.15. The van der Waals surface area contributed by atoms with Crippen molar-refractivity contribution in [2.75, 3.05) is 13.1 Å². The topological polar surface area (TPSA) is 3.24 Å². The Morgan fingerprint density at radius 2 is 2.15 bits per heavy atom. The number of hydrogen-bond donors (Lipinski definition) is 0. The van der Waals surface area contributed by atoms with E-state index in [9.17, 15) is 0 Å². The molecule has 0 aromatic rings. The number of nitrogens with zero attached hydrogens (tertiary/aromatic N) is 1. The molecule has 2 unspecified atom stereocenters. The van der Waals surface area contributed by atoms with Gasteiger partial charge in [-0.1, -0.05) is 13.3 Å². The van der Waals surface area contributed by atoms with Crippen LogP contribution in [-0.2, 0) is 0 Å². The van der Waals surface area contributed by atoms with Gasteiger partial charge in [0, 0.05) is 24.5 Å². The second kappa shape index (κ2) is 3.43. The van der Waals surface area contributed by atoms with Gasteiger partial charge in [-0.05, 0) is 31.6 Å². The van der Waals surface area contributed by atoms with Crippen molar-refractivity contribution in [1.82, 2.24) is 4.90 Å². The van der Waals surface area contributed by atoms with E-state index in [-0.39, 0.29) is 0 Å². The summed E-state index contributed by atoms with van der Waals surface area (Å²) < 4.78 is 0. The lowest BCUT2D eigenvalue weighted by Gasteiger charge is -2.42. The first-order valence-corrected chi connectivity index (χ1v) is 5.91. The van der Waals surface area contributed by atoms with Crippen molar-refractivity contribution in [2.24, 2.45) is 5.41 Å². The van der Waals surface area contributed by atoms with Gasteiger partial charge in [-0.3, -0.25) is 4.90 Å². The molecule has 1 saturated heterocycles. The fraction of sp³-hybridized carbons (Fsp3) is 1.00. The zero-order valence-electron chi connectivity index (χ0n) is 8.72. The Kier molecular flexibility index (Phi) is 2.59. The molecule has 1 nitrogen and oxygen atoms in total. The van der Waals surface area contributed by atoms with E-state index >= 15 is 0 Å². The Morgan fingerprint density at radius 1 is 1.46 bits per heavy atom. The van der Waals surface area contributed by atoms with Gasteiger partial charge >= 0.3 is 0 Å². The highest BCUT2D eigenvalue weighted by atomic mass is 35.5. The monoisotopic (exact) mass is 201 g/mol. The average Bonchev–Trinajstić information content (AvgIpc) is 2.27. The third-order valence-electron chi connectivity index (χ3n) is 3.80. The van der Waals surface area contributed by atoms with Crippen LogP contribution in [0, 0.1) is 5.41 Å². The van der Waals surface area contributed by atoms with Crippen molar-refractivity contribution >= 4 is 11.6 Å². The number of rotatable bonds is 2. The fourth-order valence-corrected chi connectivity index (χ4v) is 3.11. The van der Waals surface area contributed by atoms with Crippen LogP contribution in [0.15, 0.2) is 0 Å². The van der Waals surface area contributed by atoms with E-state index in [1.165, 1.54) is 32.2 Å². The Labute approximate surface area is 86.4 Å². The minimum absolute atomic E-state index is 0.402. The zero-order chi connectivity index (χ0) is 9.47. The van der Waals surface area contributed by atoms with Gasteiger partial charge in [0.2, 0.25) is 0 Å². The van der Waals surface area contributed by atoms with Gasteiger partial charge in [0.1, 0.15) is 0 Å². The van der Waals surface area contributed by atoms with Crippen LogP contribution in [-0.4, -0.2) is 29.4 Å². The highest BCUT2D eigenvalue weighted by Crippen LogP contribution is 2.42. The number of halogens is 1. The van der Waals surface area contributed by atoms with Gasteiger partial charge < -0.3 is 0 Å². The molecule has 2 rings (SSSR count). The summed E-state index contributed by atoms with van der Waals surface area (Å²) in [7, 11) is 0. The molecule has 76 valence electrons. The van der Waals surface area contributed by atoms with Crippen molar-refractivity contribution in [3.63, 3.8) is 0 Å². The largest absolute Gasteiger partial charge is 0.299 e. The summed E-state index contributed by atoms with van der Waals surface area (Å²) in [5.74, 6) is 0. The predicted octanol–water partition coefficient (Wildman–Crippen LogP) is 2.88. The van der Waals surface area contributed by atoms with Crippen molar-refractivity contribution < 1.29 is 0 Å². The Bertz CT molecular complexity index is 189. The molecule has 0 radical (unpaired) electrons. The molecule has 2 fully saturated rings. The molecule has 0 N–H and O–H groups in total. The van der Waals surface area contributed by atoms with Gasteiger partial charge in [-0.25, -0.2) is 0 Å². The van der Waals surface area contributed by atoms with Crippen LogP contribution in [0.4, 0.5) is 0 Å². The lowest BCUT2D eigenvalue weighted by molar-refractivity contribution is 0.0821. The lowest BCUT2D eigenvalue weighted by atomic mass is 9.70. The van der Waals surface area contributed by atoms with Crippen LogP contribution in [0.3, 0.4) is 0 Å². The van der Waals surface area contributed by atoms with Gasteiger partial charge in [-0.15, -0.1) is 11.6 Å². The molecule has 0 aromatic carbocycles. The number of alkyl halides is 1. The molecule has 2 heteroatoms. The van der Waals surface area contributed by atoms with Gasteiger partial charge in [-0.2, -0.15) is 0 Å². The first-order valence-electron chi connectivity index (χ1n) is 5.47. The summed E-state index contributed by atoms with van der Waals surface area (Å²) in [5, 5.41) is 0.402. The van der Waals surface area contributed by atoms with Gasteiger partial charge in [0.15, 0.2) is 0 Å². The van der Waals surface area contributed by atoms with E-state index in [1.807, 2.05) is 0 Å². The number of hydrogen-bond acceptors (Lipinski definition) is 1. The predicted molar refractivity (Wildman–Crippen MR) is 57.3 cm³/mol. The van der Waals surface area contributed by atoms with E-state index in [0.29, 0.717) is 16.8 Å². The SMILES string of the molecule is CC1CC(Cl)CN1CC1(C)CCC1. The summed E-state index contributed by atoms with van der Waals surface area (Å²) in [6.07, 6.45) is 5.45. The van der Waals surface area contributed by atoms with Crippen LogP contribution < -0.4 is 0 Å². The van der Waals surface area contributed by atoms with Gasteiger partial charge in [0.05, 0.1) is 0 Å². The molecular formula is C11H20ClN. The van der Waals surface area contributed by atoms with E-state index in [1.54, 1.807) is 0 Å². The van der Waals surface area contributed by atoms with Gasteiger partial charge in [0.25, 0.3) is 0 Å². The minimum Gasteiger partial charge on any atom is -0.299 e. The van der Waals surface area contributed by atoms with Crippen LogP contribution in [0.25, 0.3) is 0 Å². The minimum atomic E-state index is 0.402. The molecule has 1 aliphatic carbocycles. The fourth-order valence-electron chi connectivity index (χ4n) is 2.68. The maximum Gasteiger partial charge on any atom is 0.0478 e. The summed E-state index contributed by atoms with van der Waals surface area (Å²) in [4.78, 5) is 2.58. The third kappa shape index (κ3) is 2.02. The number of likely N-dealkylation sites (tertiary alicyclic amines) is 1. The molecule has 0 amide bonds. The zero-order valence-corrected chi connectivity index (χ0v) is 9.48. The Balaban J connectivity index is 1.87. The average molecular weight is 202 g/mol. The molecule has 0 bridgehead atoms. The third-order valence-corrected chi connectivity index (χ3v) is 4.11. The normalized spacial score (nSPS) is 39.0. The van der Waals surface area contributed by atoms with Crippen molar-refractivity contribution in [2.45, 2.75) is 50.9 Å². The molecule has 13 heavy (non-hydrogen) atoms. The summed E-state index contributed by atoms with van der Waals surface area (Å²) in [6, 6.07) is 0.708. The van der Waals surface area contributed by atoms with Crippen LogP contribution in [0.5, 0.6) is 0 Å². The first-order chi connectivity index (χ1) is 6.09. The maximum absolute atomic E-state index is 6.15. The highest BCUT2D eigenvalue weighted by molar-refractivity contribution is 6.21.